The van der Waals surface area contributed by atoms with E-state index in [2.05, 4.69) is 21.3 Å². The van der Waals surface area contributed by atoms with Crippen LogP contribution < -0.4 is 37.5 Å². The number of ether oxygens (including phenoxy) is 14. The van der Waals surface area contributed by atoms with Crippen molar-refractivity contribution in [3.8, 4) is 11.5 Å². The lowest BCUT2D eigenvalue weighted by atomic mass is 10.0. The summed E-state index contributed by atoms with van der Waals surface area (Å²) in [6, 6.07) is 11.4. The summed E-state index contributed by atoms with van der Waals surface area (Å²) in [7, 11) is 0. The fourth-order valence-corrected chi connectivity index (χ4v) is 6.90. The number of hydrogen-bond donors (Lipinski definition) is 7. The third kappa shape index (κ3) is 43.9. The molecule has 0 saturated heterocycles. The van der Waals surface area contributed by atoms with Crippen LogP contribution in [0.2, 0.25) is 0 Å². The fourth-order valence-electron chi connectivity index (χ4n) is 6.90. The van der Waals surface area contributed by atoms with Gasteiger partial charge in [-0.1, -0.05) is 24.3 Å². The van der Waals surface area contributed by atoms with E-state index in [1.807, 2.05) is 0 Å². The Kier molecular flexibility index (Phi) is 43.9. The summed E-state index contributed by atoms with van der Waals surface area (Å²) in [5.41, 5.74) is 11.3. The number of rotatable bonds is 55. The molecule has 0 aliphatic heterocycles. The molecule has 0 fully saturated rings. The Hall–Kier alpha value is -5.66. The number of aromatic hydroxyl groups is 1. The minimum absolute atomic E-state index is 0.00742. The van der Waals surface area contributed by atoms with Crippen LogP contribution in [-0.2, 0) is 103 Å². The van der Waals surface area contributed by atoms with E-state index in [0.717, 1.165) is 11.1 Å². The molecule has 0 bridgehead atoms. The van der Waals surface area contributed by atoms with E-state index in [-0.39, 0.29) is 135 Å². The van der Waals surface area contributed by atoms with Crippen molar-refractivity contribution in [3.05, 3.63) is 59.7 Å². The smallest absolute Gasteiger partial charge is 0.344 e. The fraction of sp³-hybridized carbons (Fsp3) is 0.684. The molecule has 2 aromatic rings. The predicted octanol–water partition coefficient (Wildman–Crippen LogP) is -0.0866. The zero-order valence-electron chi connectivity index (χ0n) is 49.4. The van der Waals surface area contributed by atoms with Crippen LogP contribution in [0, 0.1) is 0 Å². The topological polar surface area (TPSA) is 352 Å². The van der Waals surface area contributed by atoms with Crippen LogP contribution >= 0.6 is 0 Å². The number of carbonyl (C=O) groups excluding carboxylic acids is 6. The maximum absolute atomic E-state index is 13.4. The van der Waals surface area contributed by atoms with Crippen molar-refractivity contribution in [3.63, 3.8) is 0 Å². The summed E-state index contributed by atoms with van der Waals surface area (Å²) in [6.45, 7) is 13.3. The van der Waals surface area contributed by atoms with Gasteiger partial charge in [-0.15, -0.1) is 0 Å². The lowest BCUT2D eigenvalue weighted by Gasteiger charge is -2.20. The second kappa shape index (κ2) is 49.6. The second-order valence-electron chi connectivity index (χ2n) is 19.3. The average molecular weight is 1200 g/mol. The lowest BCUT2D eigenvalue weighted by molar-refractivity contribution is -0.157. The van der Waals surface area contributed by atoms with Gasteiger partial charge in [0.2, 0.25) is 29.5 Å². The molecule has 27 heteroatoms. The number of benzene rings is 2. The molecule has 0 heterocycles. The van der Waals surface area contributed by atoms with Gasteiger partial charge in [-0.3, -0.25) is 24.0 Å². The van der Waals surface area contributed by atoms with Gasteiger partial charge in [-0.25, -0.2) is 4.79 Å². The van der Waals surface area contributed by atoms with Crippen molar-refractivity contribution < 1.29 is 100 Å². The number of phenols is 1. The first-order valence-corrected chi connectivity index (χ1v) is 28.4. The molecule has 27 nitrogen and oxygen atoms in total. The van der Waals surface area contributed by atoms with Gasteiger partial charge >= 0.3 is 5.97 Å². The van der Waals surface area contributed by atoms with Crippen LogP contribution in [0.5, 0.6) is 11.5 Å². The van der Waals surface area contributed by atoms with Gasteiger partial charge in [0.15, 0.2) is 6.61 Å². The van der Waals surface area contributed by atoms with E-state index in [1.54, 1.807) is 57.2 Å². The minimum Gasteiger partial charge on any atom is -0.508 e. The molecule has 0 aliphatic rings. The number of phenolic OH excluding ortho intramolecular Hbond substituents is 1. The normalized spacial score (nSPS) is 12.1. The molecule has 5 amide bonds. The molecule has 2 atom stereocenters. The molecule has 84 heavy (non-hydrogen) atoms. The van der Waals surface area contributed by atoms with Crippen LogP contribution in [0.4, 0.5) is 0 Å². The number of primary amides is 1. The SMILES string of the molecule is CC(C)(C)OC(=O)COc1ccc(CC(NC(=O)CCOCCOCCOCCOCCN)C(=O)NCCOCCOCCOCCOCCC(=O)NC(Cc2ccc(O)cc2)C(=O)NCCOCCOCCOCCOCCC(N)=O)cc1. The predicted molar refractivity (Wildman–Crippen MR) is 305 cm³/mol. The van der Waals surface area contributed by atoms with Crippen molar-refractivity contribution >= 4 is 35.5 Å². The summed E-state index contributed by atoms with van der Waals surface area (Å²) >= 11 is 0. The van der Waals surface area contributed by atoms with Crippen molar-refractivity contribution in [1.82, 2.24) is 21.3 Å². The monoisotopic (exact) mass is 1200 g/mol. The maximum atomic E-state index is 13.4. The standard InChI is InChI=1S/C57H94N6O21/c1-57(2,3)84-54(68)44-83-48-10-6-46(7-11-48)43-50(63-53(67)14-20-73-25-31-78-36-39-80-33-27-74-21-15-58)56(70)61-17-23-76-29-35-82-41-38-79-32-26-72-19-13-52(66)62-49(42-45-4-8-47(64)9-5-45)55(69)60-16-22-75-28-34-81-40-37-77-30-24-71-18-12-51(59)65/h4-11,49-50,64H,12-44,58H2,1-3H3,(H2,59,65)(H,60,69)(H,61,70)(H,62,66)(H,63,67). The van der Waals surface area contributed by atoms with Crippen molar-refractivity contribution in [2.75, 3.05) is 185 Å². The van der Waals surface area contributed by atoms with Crippen LogP contribution in [0.15, 0.2) is 48.5 Å². The van der Waals surface area contributed by atoms with E-state index in [9.17, 15) is 33.9 Å². The molecule has 2 aromatic carbocycles. The zero-order chi connectivity index (χ0) is 61.1. The molecular formula is C57H94N6O21. The Balaban J connectivity index is 1.62. The highest BCUT2D eigenvalue weighted by molar-refractivity contribution is 5.88. The van der Waals surface area contributed by atoms with Crippen LogP contribution in [-0.4, -0.2) is 243 Å². The van der Waals surface area contributed by atoms with Gasteiger partial charge in [0.05, 0.1) is 159 Å². The van der Waals surface area contributed by atoms with E-state index in [4.69, 9.17) is 77.8 Å². The molecular weight excluding hydrogens is 1100 g/mol. The minimum atomic E-state index is -0.916. The van der Waals surface area contributed by atoms with Crippen LogP contribution in [0.1, 0.15) is 51.2 Å². The van der Waals surface area contributed by atoms with Crippen LogP contribution in [0.3, 0.4) is 0 Å². The Morgan fingerprint density at radius 1 is 0.452 bits per heavy atom. The first-order valence-electron chi connectivity index (χ1n) is 28.4. The summed E-state index contributed by atoms with van der Waals surface area (Å²) in [4.78, 5) is 75.1. The maximum Gasteiger partial charge on any atom is 0.344 e. The summed E-state index contributed by atoms with van der Waals surface area (Å²) in [5, 5.41) is 20.9. The largest absolute Gasteiger partial charge is 0.508 e. The Labute approximate surface area is 493 Å². The van der Waals surface area contributed by atoms with Crippen molar-refractivity contribution in [2.24, 2.45) is 11.5 Å². The number of amides is 5. The van der Waals surface area contributed by atoms with Gasteiger partial charge in [-0.05, 0) is 56.2 Å². The lowest BCUT2D eigenvalue weighted by Crippen LogP contribution is -2.48. The average Bonchev–Trinajstić information content (AvgIpc) is 3.64. The van der Waals surface area contributed by atoms with Crippen molar-refractivity contribution in [2.45, 2.75) is 70.6 Å². The highest BCUT2D eigenvalue weighted by Crippen LogP contribution is 2.16. The highest BCUT2D eigenvalue weighted by Gasteiger charge is 2.23. The molecule has 9 N–H and O–H groups in total. The Bertz CT molecular complexity index is 2040. The summed E-state index contributed by atoms with van der Waals surface area (Å²) in [6.07, 6.45) is 0.556. The summed E-state index contributed by atoms with van der Waals surface area (Å²) in [5.74, 6) is -1.97. The number of nitrogens with one attached hydrogen (secondary N) is 4. The Morgan fingerprint density at radius 3 is 1.12 bits per heavy atom. The zero-order valence-corrected chi connectivity index (χ0v) is 49.4. The molecule has 0 radical (unpaired) electrons. The molecule has 2 rings (SSSR count). The number of hydrogen-bond acceptors (Lipinski definition) is 22. The van der Waals surface area contributed by atoms with Gasteiger partial charge in [0.25, 0.3) is 0 Å². The molecule has 0 saturated carbocycles. The number of nitrogens with two attached hydrogens (primary N) is 2. The molecule has 0 aliphatic carbocycles. The molecule has 2 unspecified atom stereocenters. The van der Waals surface area contributed by atoms with Gasteiger partial charge in [0.1, 0.15) is 29.2 Å². The summed E-state index contributed by atoms with van der Waals surface area (Å²) < 4.78 is 76.5. The number of carbonyl (C=O) groups is 6. The Morgan fingerprint density at radius 2 is 0.774 bits per heavy atom. The number of esters is 1. The van der Waals surface area contributed by atoms with Gasteiger partial charge in [0, 0.05) is 51.7 Å². The van der Waals surface area contributed by atoms with Gasteiger partial charge in [-0.2, -0.15) is 0 Å². The molecule has 478 valence electrons. The third-order valence-corrected chi connectivity index (χ3v) is 11.0. The highest BCUT2D eigenvalue weighted by atomic mass is 16.6. The van der Waals surface area contributed by atoms with Gasteiger partial charge < -0.3 is 104 Å². The second-order valence-corrected chi connectivity index (χ2v) is 19.3. The van der Waals surface area contributed by atoms with E-state index >= 15 is 0 Å². The molecule has 0 spiro atoms. The van der Waals surface area contributed by atoms with E-state index in [1.165, 1.54) is 12.1 Å². The first kappa shape index (κ1) is 74.4. The van der Waals surface area contributed by atoms with Crippen LogP contribution in [0.25, 0.3) is 0 Å². The first-order chi connectivity index (χ1) is 40.6. The van der Waals surface area contributed by atoms with E-state index in [0.29, 0.717) is 105 Å². The quantitative estimate of drug-likeness (QED) is 0.0336. The van der Waals surface area contributed by atoms with E-state index < -0.39 is 41.4 Å². The third-order valence-electron chi connectivity index (χ3n) is 11.0. The molecule has 0 aromatic heterocycles. The van der Waals surface area contributed by atoms with Crippen molar-refractivity contribution in [1.29, 1.82) is 0 Å².